The van der Waals surface area contributed by atoms with E-state index in [4.69, 9.17) is 11.6 Å². The lowest BCUT2D eigenvalue weighted by Crippen LogP contribution is -2.33. The van der Waals surface area contributed by atoms with Crippen molar-refractivity contribution < 1.29 is 13.6 Å². The minimum atomic E-state index is -0.654. The molecule has 0 aromatic heterocycles. The Balaban J connectivity index is 2.84. The van der Waals surface area contributed by atoms with Crippen LogP contribution >= 0.6 is 11.6 Å². The van der Waals surface area contributed by atoms with E-state index in [9.17, 15) is 13.6 Å². The number of nitrogens with zero attached hydrogens (tertiary/aromatic N) is 1. The zero-order valence-electron chi connectivity index (χ0n) is 10.7. The number of halogens is 3. The first-order chi connectivity index (χ1) is 9.10. The molecule has 0 spiro atoms. The van der Waals surface area contributed by atoms with E-state index in [1.165, 1.54) is 23.1 Å². The van der Waals surface area contributed by atoms with Crippen molar-refractivity contribution in [3.63, 3.8) is 0 Å². The van der Waals surface area contributed by atoms with Crippen LogP contribution in [0.15, 0.2) is 30.4 Å². The number of hydrogen-bond acceptors (Lipinski definition) is 1. The van der Waals surface area contributed by atoms with E-state index in [1.54, 1.807) is 0 Å². The Morgan fingerprint density at radius 2 is 2.00 bits per heavy atom. The number of carbonyl (C=O) groups excluding carboxylic acids is 1. The average Bonchev–Trinajstić information content (AvgIpc) is 2.40. The summed E-state index contributed by atoms with van der Waals surface area (Å²) in [6.07, 6.45) is 4.36. The van der Waals surface area contributed by atoms with Gasteiger partial charge in [-0.25, -0.2) is 8.78 Å². The Labute approximate surface area is 116 Å². The van der Waals surface area contributed by atoms with Crippen LogP contribution < -0.4 is 0 Å². The van der Waals surface area contributed by atoms with Crippen LogP contribution in [0, 0.1) is 11.6 Å². The van der Waals surface area contributed by atoms with Crippen molar-refractivity contribution in [1.29, 1.82) is 0 Å². The number of rotatable bonds is 6. The highest BCUT2D eigenvalue weighted by molar-refractivity contribution is 6.27. The first-order valence-electron chi connectivity index (χ1n) is 5.98. The first kappa shape index (κ1) is 15.6. The summed E-state index contributed by atoms with van der Waals surface area (Å²) in [7, 11) is 0. The third kappa shape index (κ3) is 4.63. The quantitative estimate of drug-likeness (QED) is 0.579. The van der Waals surface area contributed by atoms with Gasteiger partial charge >= 0.3 is 0 Å². The molecule has 0 heterocycles. The molecule has 0 aliphatic heterocycles. The van der Waals surface area contributed by atoms with Gasteiger partial charge in [-0.3, -0.25) is 4.79 Å². The summed E-state index contributed by atoms with van der Waals surface area (Å²) in [4.78, 5) is 13.0. The number of alkyl halides is 1. The first-order valence-corrected chi connectivity index (χ1v) is 6.51. The molecule has 2 nitrogen and oxygen atoms in total. The second-order valence-electron chi connectivity index (χ2n) is 4.01. The summed E-state index contributed by atoms with van der Waals surface area (Å²) < 4.78 is 27.1. The third-order valence-electron chi connectivity index (χ3n) is 2.68. The van der Waals surface area contributed by atoms with Crippen LogP contribution in [0.1, 0.15) is 18.9 Å². The minimum Gasteiger partial charge on any atom is -0.337 e. The normalized spacial score (nSPS) is 10.9. The van der Waals surface area contributed by atoms with E-state index < -0.39 is 11.6 Å². The van der Waals surface area contributed by atoms with Gasteiger partial charge in [-0.15, -0.1) is 11.6 Å². The lowest BCUT2D eigenvalue weighted by Gasteiger charge is -2.21. The van der Waals surface area contributed by atoms with Crippen LogP contribution in [0.25, 0.3) is 0 Å². The fourth-order valence-corrected chi connectivity index (χ4v) is 1.82. The Kier molecular flexibility index (Phi) is 6.50. The summed E-state index contributed by atoms with van der Waals surface area (Å²) in [5.74, 6) is -1.85. The summed E-state index contributed by atoms with van der Waals surface area (Å²) in [5, 5.41) is 0. The van der Waals surface area contributed by atoms with Crippen molar-refractivity contribution in [1.82, 2.24) is 4.90 Å². The van der Waals surface area contributed by atoms with Crippen LogP contribution in [0.5, 0.6) is 0 Å². The molecule has 1 aromatic rings. The summed E-state index contributed by atoms with van der Waals surface area (Å²) in [6.45, 7) is 2.13. The molecule has 0 unspecified atom stereocenters. The highest BCUT2D eigenvalue weighted by atomic mass is 35.5. The zero-order valence-corrected chi connectivity index (χ0v) is 11.5. The monoisotopic (exact) mass is 287 g/mol. The second-order valence-corrected chi connectivity index (χ2v) is 4.27. The molecular formula is C14H16ClF2NO. The molecule has 0 atom stereocenters. The maximum Gasteiger partial charge on any atom is 0.237 e. The smallest absolute Gasteiger partial charge is 0.237 e. The van der Waals surface area contributed by atoms with Crippen molar-refractivity contribution in [2.75, 3.05) is 12.4 Å². The predicted molar refractivity (Wildman–Crippen MR) is 71.9 cm³/mol. The fraction of sp³-hybridized carbons (Fsp3) is 0.357. The molecule has 0 aliphatic rings. The van der Waals surface area contributed by atoms with Gasteiger partial charge < -0.3 is 4.90 Å². The predicted octanol–water partition coefficient (Wildman–Crippen LogP) is 3.50. The van der Waals surface area contributed by atoms with Gasteiger partial charge in [0.1, 0.15) is 17.5 Å². The lowest BCUT2D eigenvalue weighted by atomic mass is 10.1. The molecule has 1 amide bonds. The highest BCUT2D eigenvalue weighted by Gasteiger charge is 2.17. The number of amides is 1. The third-order valence-corrected chi connectivity index (χ3v) is 2.91. The number of allylic oxidation sites excluding steroid dienone is 1. The minimum absolute atomic E-state index is 0.110. The molecular weight excluding hydrogens is 272 g/mol. The second kappa shape index (κ2) is 7.89. The summed E-state index contributed by atoms with van der Waals surface area (Å²) in [6, 6.07) is 3.64. The van der Waals surface area contributed by atoms with Crippen molar-refractivity contribution in [2.45, 2.75) is 19.9 Å². The molecule has 0 N–H and O–H groups in total. The zero-order chi connectivity index (χ0) is 14.3. The Bertz CT molecular complexity index is 443. The van der Waals surface area contributed by atoms with Gasteiger partial charge in [-0.1, -0.05) is 18.2 Å². The number of benzene rings is 1. The molecule has 1 aromatic carbocycles. The van der Waals surface area contributed by atoms with Crippen molar-refractivity contribution in [2.24, 2.45) is 0 Å². The van der Waals surface area contributed by atoms with Gasteiger partial charge in [0.25, 0.3) is 0 Å². The van der Waals surface area contributed by atoms with E-state index in [2.05, 4.69) is 0 Å². The van der Waals surface area contributed by atoms with Gasteiger partial charge in [-0.2, -0.15) is 0 Å². The van der Waals surface area contributed by atoms with Gasteiger partial charge in [0.05, 0.1) is 6.54 Å². The van der Waals surface area contributed by atoms with E-state index in [0.717, 1.165) is 0 Å². The van der Waals surface area contributed by atoms with Gasteiger partial charge in [0.15, 0.2) is 0 Å². The maximum absolute atomic E-state index is 13.5. The molecule has 0 saturated heterocycles. The number of hydrogen-bond donors (Lipinski definition) is 0. The molecule has 0 fully saturated rings. The summed E-state index contributed by atoms with van der Waals surface area (Å²) >= 11 is 5.51. The van der Waals surface area contributed by atoms with E-state index in [-0.39, 0.29) is 23.9 Å². The maximum atomic E-state index is 13.5. The molecule has 104 valence electrons. The van der Waals surface area contributed by atoms with E-state index in [1.807, 2.05) is 19.1 Å². The Morgan fingerprint density at radius 3 is 2.53 bits per heavy atom. The van der Waals surface area contributed by atoms with Crippen molar-refractivity contribution in [3.05, 3.63) is 47.5 Å². The van der Waals surface area contributed by atoms with Crippen LogP contribution in [0.2, 0.25) is 0 Å². The topological polar surface area (TPSA) is 20.3 Å². The molecule has 0 radical (unpaired) electrons. The molecule has 1 rings (SSSR count). The van der Waals surface area contributed by atoms with Gasteiger partial charge in [0, 0.05) is 12.1 Å². The summed E-state index contributed by atoms with van der Waals surface area (Å²) in [5.41, 5.74) is -0.110. The largest absolute Gasteiger partial charge is 0.337 e. The van der Waals surface area contributed by atoms with Crippen LogP contribution in [0.4, 0.5) is 8.78 Å². The Morgan fingerprint density at radius 1 is 1.37 bits per heavy atom. The van der Waals surface area contributed by atoms with Crippen LogP contribution in [0.3, 0.4) is 0 Å². The molecule has 0 bridgehead atoms. The molecule has 19 heavy (non-hydrogen) atoms. The van der Waals surface area contributed by atoms with Crippen molar-refractivity contribution in [3.8, 4) is 0 Å². The van der Waals surface area contributed by atoms with Crippen molar-refractivity contribution >= 4 is 17.5 Å². The molecule has 0 aliphatic carbocycles. The number of carbonyl (C=O) groups is 1. The molecule has 5 heteroatoms. The van der Waals surface area contributed by atoms with E-state index in [0.29, 0.717) is 13.0 Å². The van der Waals surface area contributed by atoms with Gasteiger partial charge in [-0.05, 0) is 25.5 Å². The van der Waals surface area contributed by atoms with Crippen LogP contribution in [-0.4, -0.2) is 23.2 Å². The highest BCUT2D eigenvalue weighted by Crippen LogP contribution is 2.15. The fourth-order valence-electron chi connectivity index (χ4n) is 1.65. The standard InChI is InChI=1S/C14H16ClF2NO/c1-2-3-4-8-18(14(19)9-15)10-11-12(16)6-5-7-13(11)17/h2-3,5-7H,4,8-10H2,1H3/b3-2+. The van der Waals surface area contributed by atoms with Gasteiger partial charge in [0.2, 0.25) is 5.91 Å². The average molecular weight is 288 g/mol. The van der Waals surface area contributed by atoms with E-state index >= 15 is 0 Å². The lowest BCUT2D eigenvalue weighted by molar-refractivity contribution is -0.129. The SMILES string of the molecule is C/C=C/CCN(Cc1c(F)cccc1F)C(=O)CCl. The van der Waals surface area contributed by atoms with Crippen LogP contribution in [-0.2, 0) is 11.3 Å². The molecule has 0 saturated carbocycles. The Hall–Kier alpha value is -1.42.